The molecule has 0 atom stereocenters. The van der Waals surface area contributed by atoms with Crippen molar-refractivity contribution in [3.63, 3.8) is 0 Å². The van der Waals surface area contributed by atoms with E-state index in [0.717, 1.165) is 28.3 Å². The van der Waals surface area contributed by atoms with E-state index >= 15 is 0 Å². The normalized spacial score (nSPS) is 13.1. The predicted octanol–water partition coefficient (Wildman–Crippen LogP) is 10.6. The summed E-state index contributed by atoms with van der Waals surface area (Å²) >= 11 is 0. The predicted molar refractivity (Wildman–Crippen MR) is 179 cm³/mol. The van der Waals surface area contributed by atoms with E-state index in [1.54, 1.807) is 0 Å². The number of fused-ring (bicyclic) bond motifs is 5. The first-order valence-corrected chi connectivity index (χ1v) is 14.8. The van der Waals surface area contributed by atoms with Crippen molar-refractivity contribution < 1.29 is 0 Å². The molecule has 43 heavy (non-hydrogen) atoms. The summed E-state index contributed by atoms with van der Waals surface area (Å²) in [7, 11) is 0. The van der Waals surface area contributed by atoms with Gasteiger partial charge in [0.2, 0.25) is 0 Å². The maximum absolute atomic E-state index is 5.33. The van der Waals surface area contributed by atoms with Gasteiger partial charge in [0.1, 0.15) is 0 Å². The number of benzene rings is 6. The van der Waals surface area contributed by atoms with Crippen molar-refractivity contribution >= 4 is 10.8 Å². The van der Waals surface area contributed by atoms with Gasteiger partial charge >= 0.3 is 0 Å². The van der Waals surface area contributed by atoms with Gasteiger partial charge in [0.15, 0.2) is 5.82 Å². The van der Waals surface area contributed by atoms with Gasteiger partial charge in [-0.05, 0) is 50.7 Å². The van der Waals surface area contributed by atoms with Crippen LogP contribution in [0, 0.1) is 0 Å². The molecule has 0 unspecified atom stereocenters. The van der Waals surface area contributed by atoms with Crippen molar-refractivity contribution in [1.82, 2.24) is 9.97 Å². The minimum atomic E-state index is -0.261. The van der Waals surface area contributed by atoms with E-state index in [9.17, 15) is 0 Å². The van der Waals surface area contributed by atoms with Crippen molar-refractivity contribution in [2.24, 2.45) is 0 Å². The van der Waals surface area contributed by atoms with E-state index in [0.29, 0.717) is 0 Å². The van der Waals surface area contributed by atoms with E-state index < -0.39 is 0 Å². The van der Waals surface area contributed by atoms with Crippen LogP contribution in [0.1, 0.15) is 25.0 Å². The summed E-state index contributed by atoms with van der Waals surface area (Å²) in [5.74, 6) is 0.752. The van der Waals surface area contributed by atoms with Crippen LogP contribution in [0.15, 0.2) is 146 Å². The van der Waals surface area contributed by atoms with Crippen LogP contribution in [0.25, 0.3) is 66.9 Å². The smallest absolute Gasteiger partial charge is 0.160 e. The van der Waals surface area contributed by atoms with Crippen LogP contribution in [-0.2, 0) is 5.41 Å². The quantitative estimate of drug-likeness (QED) is 0.218. The maximum Gasteiger partial charge on any atom is 0.160 e. The Morgan fingerprint density at radius 3 is 1.70 bits per heavy atom. The standard InChI is InChI=1S/C41H30N2/c1-41(2)35-24-23-28-15-9-10-22-34(28)36(35)39-37(41)38(42-40(43-39)29-16-7-4-8-17-29)33-21-12-20-32(26-33)31-19-11-18-30(25-31)27-13-5-3-6-14-27/h3-26H,1-2H3. The van der Waals surface area contributed by atoms with Gasteiger partial charge in [-0.3, -0.25) is 0 Å². The fourth-order valence-electron chi connectivity index (χ4n) is 6.70. The molecule has 0 bridgehead atoms. The lowest BCUT2D eigenvalue weighted by Gasteiger charge is -2.24. The SMILES string of the molecule is CC1(C)c2ccc3ccccc3c2-c2nc(-c3ccccc3)nc(-c3cccc(-c4cccc(-c5ccccc5)c4)c3)c21. The molecule has 7 aromatic rings. The molecule has 1 heterocycles. The first-order valence-electron chi connectivity index (χ1n) is 14.8. The van der Waals surface area contributed by atoms with E-state index in [1.165, 1.54) is 49.7 Å². The van der Waals surface area contributed by atoms with Gasteiger partial charge in [0, 0.05) is 27.7 Å². The van der Waals surface area contributed by atoms with Gasteiger partial charge in [-0.15, -0.1) is 0 Å². The molecule has 0 amide bonds. The molecular formula is C41H30N2. The molecule has 2 nitrogen and oxygen atoms in total. The van der Waals surface area contributed by atoms with Gasteiger partial charge in [-0.1, -0.05) is 147 Å². The Morgan fingerprint density at radius 1 is 0.442 bits per heavy atom. The molecule has 1 aliphatic carbocycles. The molecule has 0 N–H and O–H groups in total. The Morgan fingerprint density at radius 2 is 0.977 bits per heavy atom. The zero-order valence-corrected chi connectivity index (χ0v) is 24.3. The van der Waals surface area contributed by atoms with Crippen molar-refractivity contribution in [3.05, 3.63) is 157 Å². The van der Waals surface area contributed by atoms with Gasteiger partial charge in [0.25, 0.3) is 0 Å². The molecule has 0 fully saturated rings. The minimum absolute atomic E-state index is 0.261. The second-order valence-electron chi connectivity index (χ2n) is 11.8. The Labute approximate surface area is 252 Å². The van der Waals surface area contributed by atoms with Crippen molar-refractivity contribution in [3.8, 4) is 56.2 Å². The number of aromatic nitrogens is 2. The van der Waals surface area contributed by atoms with Crippen LogP contribution in [0.4, 0.5) is 0 Å². The molecule has 1 aromatic heterocycles. The third-order valence-electron chi connectivity index (χ3n) is 8.84. The Hall–Kier alpha value is -5.34. The van der Waals surface area contributed by atoms with Crippen LogP contribution in [-0.4, -0.2) is 9.97 Å². The number of hydrogen-bond acceptors (Lipinski definition) is 2. The summed E-state index contributed by atoms with van der Waals surface area (Å²) in [6.45, 7) is 4.63. The van der Waals surface area contributed by atoms with Crippen molar-refractivity contribution in [1.29, 1.82) is 0 Å². The fourth-order valence-corrected chi connectivity index (χ4v) is 6.70. The lowest BCUT2D eigenvalue weighted by Crippen LogP contribution is -2.17. The van der Waals surface area contributed by atoms with Gasteiger partial charge < -0.3 is 0 Å². The lowest BCUT2D eigenvalue weighted by atomic mass is 9.80. The molecule has 1 aliphatic rings. The van der Waals surface area contributed by atoms with Crippen LogP contribution in [0.5, 0.6) is 0 Å². The highest BCUT2D eigenvalue weighted by Gasteiger charge is 2.41. The van der Waals surface area contributed by atoms with Crippen LogP contribution < -0.4 is 0 Å². The Kier molecular flexibility index (Phi) is 5.84. The fraction of sp³-hybridized carbons (Fsp3) is 0.0732. The second-order valence-corrected chi connectivity index (χ2v) is 11.8. The Bertz CT molecular complexity index is 2140. The van der Waals surface area contributed by atoms with Gasteiger partial charge in [-0.2, -0.15) is 0 Å². The average molecular weight is 551 g/mol. The largest absolute Gasteiger partial charge is 0.228 e. The van der Waals surface area contributed by atoms with E-state index in [1.807, 2.05) is 6.07 Å². The topological polar surface area (TPSA) is 25.8 Å². The first kappa shape index (κ1) is 25.4. The Balaban J connectivity index is 1.36. The summed E-state index contributed by atoms with van der Waals surface area (Å²) in [5.41, 5.74) is 12.4. The molecule has 204 valence electrons. The highest BCUT2D eigenvalue weighted by atomic mass is 14.9. The summed E-state index contributed by atoms with van der Waals surface area (Å²) in [4.78, 5) is 10.6. The van der Waals surface area contributed by atoms with E-state index in [4.69, 9.17) is 9.97 Å². The van der Waals surface area contributed by atoms with Gasteiger partial charge in [0.05, 0.1) is 11.4 Å². The number of hydrogen-bond donors (Lipinski definition) is 0. The molecule has 6 aromatic carbocycles. The maximum atomic E-state index is 5.33. The zero-order valence-electron chi connectivity index (χ0n) is 24.3. The first-order chi connectivity index (χ1) is 21.1. The molecule has 0 radical (unpaired) electrons. The van der Waals surface area contributed by atoms with E-state index in [2.05, 4.69) is 153 Å². The van der Waals surface area contributed by atoms with Crippen LogP contribution in [0.2, 0.25) is 0 Å². The molecule has 0 saturated heterocycles. The molecule has 8 rings (SSSR count). The second kappa shape index (κ2) is 9.89. The monoisotopic (exact) mass is 550 g/mol. The molecule has 0 aliphatic heterocycles. The van der Waals surface area contributed by atoms with Crippen molar-refractivity contribution in [2.45, 2.75) is 19.3 Å². The van der Waals surface area contributed by atoms with Gasteiger partial charge in [-0.25, -0.2) is 9.97 Å². The van der Waals surface area contributed by atoms with E-state index in [-0.39, 0.29) is 5.41 Å². The highest BCUT2D eigenvalue weighted by molar-refractivity contribution is 6.03. The summed E-state index contributed by atoms with van der Waals surface area (Å²) in [6.07, 6.45) is 0. The number of nitrogens with zero attached hydrogens (tertiary/aromatic N) is 2. The molecular weight excluding hydrogens is 520 g/mol. The summed E-state index contributed by atoms with van der Waals surface area (Å²) < 4.78 is 0. The molecule has 2 heteroatoms. The summed E-state index contributed by atoms with van der Waals surface area (Å²) in [6, 6.07) is 51.7. The minimum Gasteiger partial charge on any atom is -0.228 e. The lowest BCUT2D eigenvalue weighted by molar-refractivity contribution is 0.658. The molecule has 0 saturated carbocycles. The number of rotatable bonds is 4. The van der Waals surface area contributed by atoms with Crippen LogP contribution in [0.3, 0.4) is 0 Å². The molecule has 0 spiro atoms. The third-order valence-corrected chi connectivity index (χ3v) is 8.84. The zero-order chi connectivity index (χ0) is 29.0. The highest BCUT2D eigenvalue weighted by Crippen LogP contribution is 2.53. The average Bonchev–Trinajstić information content (AvgIpc) is 3.31. The summed E-state index contributed by atoms with van der Waals surface area (Å²) in [5, 5.41) is 2.47. The van der Waals surface area contributed by atoms with Crippen LogP contribution >= 0.6 is 0 Å². The third kappa shape index (κ3) is 4.18. The van der Waals surface area contributed by atoms with Crippen molar-refractivity contribution in [2.75, 3.05) is 0 Å².